The van der Waals surface area contributed by atoms with Gasteiger partial charge in [0, 0.05) is 24.8 Å². The Morgan fingerprint density at radius 2 is 1.54 bits per heavy atom. The summed E-state index contributed by atoms with van der Waals surface area (Å²) in [6, 6.07) is 14.4. The van der Waals surface area contributed by atoms with Gasteiger partial charge in [-0.15, -0.1) is 0 Å². The molecular formula is C22H29N3O3. The first-order valence-corrected chi connectivity index (χ1v) is 9.30. The van der Waals surface area contributed by atoms with Crippen LogP contribution in [-0.4, -0.2) is 30.7 Å². The average molecular weight is 383 g/mol. The van der Waals surface area contributed by atoms with Crippen LogP contribution in [0.4, 0.5) is 16.2 Å². The van der Waals surface area contributed by atoms with Gasteiger partial charge in [0.25, 0.3) is 0 Å². The molecule has 0 aliphatic carbocycles. The second-order valence-electron chi connectivity index (χ2n) is 7.71. The minimum absolute atomic E-state index is 0.299. The third-order valence-corrected chi connectivity index (χ3v) is 4.01. The molecule has 2 amide bonds. The van der Waals surface area contributed by atoms with Crippen molar-refractivity contribution in [2.75, 3.05) is 17.7 Å². The van der Waals surface area contributed by atoms with Crippen LogP contribution in [0, 0.1) is 6.92 Å². The third kappa shape index (κ3) is 6.95. The molecular weight excluding hydrogens is 354 g/mol. The molecule has 0 spiro atoms. The van der Waals surface area contributed by atoms with Crippen molar-refractivity contribution in [3.05, 3.63) is 59.7 Å². The first kappa shape index (κ1) is 21.3. The molecule has 150 valence electrons. The van der Waals surface area contributed by atoms with E-state index in [0.717, 1.165) is 16.8 Å². The zero-order valence-corrected chi connectivity index (χ0v) is 17.1. The van der Waals surface area contributed by atoms with Gasteiger partial charge in [0.15, 0.2) is 0 Å². The zero-order valence-electron chi connectivity index (χ0n) is 17.1. The van der Waals surface area contributed by atoms with Crippen LogP contribution in [0.2, 0.25) is 0 Å². The number of amides is 2. The SMILES string of the molecule is CNc1ccc(C[C@H](NC(=O)OC(C)(C)C)C(=O)Nc2ccc(C)cc2)cc1. The van der Waals surface area contributed by atoms with Crippen molar-refractivity contribution < 1.29 is 14.3 Å². The highest BCUT2D eigenvalue weighted by Crippen LogP contribution is 2.14. The lowest BCUT2D eigenvalue weighted by atomic mass is 10.0. The fourth-order valence-electron chi connectivity index (χ4n) is 2.57. The Bertz CT molecular complexity index is 793. The minimum atomic E-state index is -0.767. The van der Waals surface area contributed by atoms with Gasteiger partial charge < -0.3 is 20.7 Å². The maximum absolute atomic E-state index is 12.8. The summed E-state index contributed by atoms with van der Waals surface area (Å²) in [4.78, 5) is 25.1. The number of carbonyl (C=O) groups is 2. The Kier molecular flexibility index (Phi) is 7.04. The molecule has 28 heavy (non-hydrogen) atoms. The number of benzene rings is 2. The maximum Gasteiger partial charge on any atom is 0.408 e. The highest BCUT2D eigenvalue weighted by Gasteiger charge is 2.25. The molecule has 0 aromatic heterocycles. The van der Waals surface area contributed by atoms with Crippen LogP contribution in [0.5, 0.6) is 0 Å². The Morgan fingerprint density at radius 3 is 2.07 bits per heavy atom. The fourth-order valence-corrected chi connectivity index (χ4v) is 2.57. The van der Waals surface area contributed by atoms with E-state index in [1.165, 1.54) is 0 Å². The number of ether oxygens (including phenoxy) is 1. The summed E-state index contributed by atoms with van der Waals surface area (Å²) >= 11 is 0. The number of hydrogen-bond donors (Lipinski definition) is 3. The summed E-state index contributed by atoms with van der Waals surface area (Å²) in [7, 11) is 1.84. The Balaban J connectivity index is 2.14. The molecule has 0 fully saturated rings. The first-order chi connectivity index (χ1) is 13.2. The molecule has 0 heterocycles. The molecule has 2 aromatic carbocycles. The van der Waals surface area contributed by atoms with Crippen LogP contribution in [0.3, 0.4) is 0 Å². The summed E-state index contributed by atoms with van der Waals surface area (Å²) < 4.78 is 5.32. The van der Waals surface area contributed by atoms with E-state index in [1.54, 1.807) is 20.8 Å². The van der Waals surface area contributed by atoms with E-state index in [4.69, 9.17) is 4.74 Å². The Labute approximate surface area is 166 Å². The van der Waals surface area contributed by atoms with Crippen LogP contribution in [0.25, 0.3) is 0 Å². The van der Waals surface area contributed by atoms with Gasteiger partial charge in [0.05, 0.1) is 0 Å². The van der Waals surface area contributed by atoms with E-state index in [2.05, 4.69) is 16.0 Å². The van der Waals surface area contributed by atoms with Gasteiger partial charge in [0.2, 0.25) is 5.91 Å². The molecule has 0 aliphatic rings. The number of nitrogens with one attached hydrogen (secondary N) is 3. The molecule has 0 bridgehead atoms. The highest BCUT2D eigenvalue weighted by atomic mass is 16.6. The van der Waals surface area contributed by atoms with Crippen molar-refractivity contribution in [1.82, 2.24) is 5.32 Å². The fraction of sp³-hybridized carbons (Fsp3) is 0.364. The monoisotopic (exact) mass is 383 g/mol. The van der Waals surface area contributed by atoms with Crippen molar-refractivity contribution in [2.45, 2.75) is 45.8 Å². The number of hydrogen-bond acceptors (Lipinski definition) is 4. The summed E-state index contributed by atoms with van der Waals surface area (Å²) in [5.41, 5.74) is 3.04. The van der Waals surface area contributed by atoms with Crippen LogP contribution < -0.4 is 16.0 Å². The van der Waals surface area contributed by atoms with Crippen molar-refractivity contribution >= 4 is 23.4 Å². The van der Waals surface area contributed by atoms with Gasteiger partial charge in [-0.1, -0.05) is 29.8 Å². The third-order valence-electron chi connectivity index (χ3n) is 4.01. The van der Waals surface area contributed by atoms with Crippen molar-refractivity contribution in [3.8, 4) is 0 Å². The van der Waals surface area contributed by atoms with E-state index in [9.17, 15) is 9.59 Å². The summed E-state index contributed by atoms with van der Waals surface area (Å²) in [6.07, 6.45) is -0.274. The van der Waals surface area contributed by atoms with Crippen LogP contribution in [-0.2, 0) is 16.0 Å². The van der Waals surface area contributed by atoms with Gasteiger partial charge in [0.1, 0.15) is 11.6 Å². The second kappa shape index (κ2) is 9.26. The molecule has 6 nitrogen and oxygen atoms in total. The maximum atomic E-state index is 12.8. The number of carbonyl (C=O) groups excluding carboxylic acids is 2. The summed E-state index contributed by atoms with van der Waals surface area (Å²) in [5, 5.41) is 8.61. The first-order valence-electron chi connectivity index (χ1n) is 9.30. The number of alkyl carbamates (subject to hydrolysis) is 1. The second-order valence-corrected chi connectivity index (χ2v) is 7.71. The van der Waals surface area contributed by atoms with Crippen molar-refractivity contribution in [1.29, 1.82) is 0 Å². The topological polar surface area (TPSA) is 79.5 Å². The van der Waals surface area contributed by atoms with E-state index in [-0.39, 0.29) is 5.91 Å². The Morgan fingerprint density at radius 1 is 0.964 bits per heavy atom. The largest absolute Gasteiger partial charge is 0.444 e. The molecule has 0 aliphatic heterocycles. The van der Waals surface area contributed by atoms with Crippen LogP contribution >= 0.6 is 0 Å². The molecule has 0 saturated carbocycles. The van der Waals surface area contributed by atoms with Crippen LogP contribution in [0.15, 0.2) is 48.5 Å². The number of anilines is 2. The lowest BCUT2D eigenvalue weighted by molar-refractivity contribution is -0.118. The van der Waals surface area contributed by atoms with Crippen molar-refractivity contribution in [3.63, 3.8) is 0 Å². The standard InChI is InChI=1S/C22H29N3O3/c1-15-6-10-18(11-7-15)24-20(26)19(25-21(27)28-22(2,3)4)14-16-8-12-17(23-5)13-9-16/h6-13,19,23H,14H2,1-5H3,(H,24,26)(H,25,27)/t19-/m0/s1. The molecule has 0 saturated heterocycles. The number of rotatable bonds is 6. The van der Waals surface area contributed by atoms with Crippen molar-refractivity contribution in [2.24, 2.45) is 0 Å². The molecule has 6 heteroatoms. The molecule has 1 atom stereocenters. The van der Waals surface area contributed by atoms with Gasteiger partial charge >= 0.3 is 6.09 Å². The molecule has 0 unspecified atom stereocenters. The summed E-state index contributed by atoms with van der Waals surface area (Å²) in [5.74, 6) is -0.299. The summed E-state index contributed by atoms with van der Waals surface area (Å²) in [6.45, 7) is 7.33. The van der Waals surface area contributed by atoms with Gasteiger partial charge in [-0.25, -0.2) is 4.79 Å². The van der Waals surface area contributed by atoms with E-state index >= 15 is 0 Å². The smallest absolute Gasteiger partial charge is 0.408 e. The highest BCUT2D eigenvalue weighted by molar-refractivity contribution is 5.96. The quantitative estimate of drug-likeness (QED) is 0.701. The normalized spacial score (nSPS) is 12.0. The van der Waals surface area contributed by atoms with Gasteiger partial charge in [-0.2, -0.15) is 0 Å². The van der Waals surface area contributed by atoms with Gasteiger partial charge in [-0.3, -0.25) is 4.79 Å². The van der Waals surface area contributed by atoms with Crippen LogP contribution in [0.1, 0.15) is 31.9 Å². The predicted molar refractivity (Wildman–Crippen MR) is 113 cm³/mol. The van der Waals surface area contributed by atoms with E-state index in [1.807, 2.05) is 62.5 Å². The Hall–Kier alpha value is -3.02. The average Bonchev–Trinajstić information content (AvgIpc) is 2.62. The molecule has 2 aromatic rings. The number of aryl methyl sites for hydroxylation is 1. The zero-order chi connectivity index (χ0) is 20.7. The minimum Gasteiger partial charge on any atom is -0.444 e. The lowest BCUT2D eigenvalue weighted by Gasteiger charge is -2.23. The predicted octanol–water partition coefficient (Wildman–Crippen LogP) is 4.11. The van der Waals surface area contributed by atoms with E-state index in [0.29, 0.717) is 12.1 Å². The molecule has 0 radical (unpaired) electrons. The molecule has 2 rings (SSSR count). The van der Waals surface area contributed by atoms with Gasteiger partial charge in [-0.05, 0) is 57.5 Å². The van der Waals surface area contributed by atoms with E-state index < -0.39 is 17.7 Å². The molecule has 3 N–H and O–H groups in total. The lowest BCUT2D eigenvalue weighted by Crippen LogP contribution is -2.47.